The highest BCUT2D eigenvalue weighted by atomic mass is 19.1. The first kappa shape index (κ1) is 64.6. The monoisotopic (exact) mass is 1240 g/mol. The van der Waals surface area contributed by atoms with E-state index >= 15 is 4.39 Å². The maximum absolute atomic E-state index is 15.6. The minimum Gasteiger partial charge on any atom is -0.479 e. The molecule has 12 N–H and O–H groups in total. The Balaban J connectivity index is 0.901. The number of carboxylic acids is 1. The number of aliphatic carboxylic acids is 1. The molecule has 9 rings (SSSR count). The number of imide groups is 1. The molecule has 5 aliphatic rings. The zero-order valence-corrected chi connectivity index (χ0v) is 48.3. The van der Waals surface area contributed by atoms with Crippen LogP contribution >= 0.6 is 0 Å². The quantitative estimate of drug-likeness (QED) is 0.0167. The number of carbonyl (C=O) groups excluding carboxylic acids is 8. The Kier molecular flexibility index (Phi) is 19.8. The molecular formula is C58H66FN9O21. The van der Waals surface area contributed by atoms with E-state index < -0.39 is 152 Å². The first-order valence-corrected chi connectivity index (χ1v) is 28.4. The number of alkyl carbamates (subject to hydrolysis) is 1. The Morgan fingerprint density at radius 3 is 2.36 bits per heavy atom. The summed E-state index contributed by atoms with van der Waals surface area (Å²) in [5.41, 5.74) is 6.55. The minimum absolute atomic E-state index is 0.00487. The van der Waals surface area contributed by atoms with Crippen molar-refractivity contribution >= 4 is 64.4 Å². The summed E-state index contributed by atoms with van der Waals surface area (Å²) in [5, 5.41) is 66.3. The molecule has 0 spiro atoms. The number of aromatic nitrogens is 2. The van der Waals surface area contributed by atoms with Crippen molar-refractivity contribution in [1.29, 1.82) is 0 Å². The van der Waals surface area contributed by atoms with Gasteiger partial charge in [0.15, 0.2) is 11.7 Å². The summed E-state index contributed by atoms with van der Waals surface area (Å²) >= 11 is 0. The summed E-state index contributed by atoms with van der Waals surface area (Å²) in [5.74, 6) is -8.11. The number of amides is 7. The number of aliphatic hydroxyl groups excluding tert-OH is 3. The van der Waals surface area contributed by atoms with Crippen LogP contribution in [-0.2, 0) is 100 Å². The van der Waals surface area contributed by atoms with E-state index in [1.54, 1.807) is 13.8 Å². The fourth-order valence-electron chi connectivity index (χ4n) is 11.2. The number of aliphatic hydroxyl groups is 4. The Bertz CT molecular complexity index is 3600. The number of fused-ring (bicyclic) bond motifs is 5. The molecule has 7 amide bonds. The van der Waals surface area contributed by atoms with Crippen LogP contribution in [0.2, 0.25) is 0 Å². The van der Waals surface area contributed by atoms with Crippen molar-refractivity contribution in [2.45, 2.75) is 127 Å². The third-order valence-corrected chi connectivity index (χ3v) is 16.1. The maximum Gasteiger partial charge on any atom is 0.407 e. The van der Waals surface area contributed by atoms with Crippen LogP contribution in [0.1, 0.15) is 83.2 Å². The van der Waals surface area contributed by atoms with E-state index in [0.29, 0.717) is 39.0 Å². The van der Waals surface area contributed by atoms with E-state index in [0.717, 1.165) is 12.2 Å². The molecule has 2 aromatic carbocycles. The molecule has 2 aromatic heterocycles. The molecule has 1 saturated heterocycles. The second-order valence-corrected chi connectivity index (χ2v) is 21.6. The summed E-state index contributed by atoms with van der Waals surface area (Å²) < 4.78 is 49.4. The number of carbonyl (C=O) groups is 9. The van der Waals surface area contributed by atoms with Gasteiger partial charge in [-0.05, 0) is 66.6 Å². The number of nitrogens with two attached hydrogens (primary N) is 1. The Hall–Kier alpha value is -8.82. The number of nitrogens with zero attached hydrogens (tertiary/aromatic N) is 3. The molecule has 476 valence electrons. The number of aryl methyl sites for hydroxylation is 1. The molecule has 9 unspecified atom stereocenters. The van der Waals surface area contributed by atoms with Gasteiger partial charge in [0.2, 0.25) is 29.9 Å². The number of hydrogen-bond donors (Lipinski definition) is 11. The van der Waals surface area contributed by atoms with Gasteiger partial charge in [0.25, 0.3) is 17.4 Å². The molecule has 31 heteroatoms. The largest absolute Gasteiger partial charge is 0.479 e. The van der Waals surface area contributed by atoms with Crippen LogP contribution in [0.5, 0.6) is 5.75 Å². The molecule has 0 saturated carbocycles. The van der Waals surface area contributed by atoms with Crippen LogP contribution < -0.4 is 42.6 Å². The van der Waals surface area contributed by atoms with Crippen molar-refractivity contribution in [1.82, 2.24) is 41.0 Å². The number of benzene rings is 2. The van der Waals surface area contributed by atoms with Gasteiger partial charge < -0.3 is 90.8 Å². The molecule has 9 atom stereocenters. The van der Waals surface area contributed by atoms with Crippen LogP contribution in [0.3, 0.4) is 0 Å². The number of carboxylic acid groups (broad SMARTS) is 1. The van der Waals surface area contributed by atoms with Crippen LogP contribution in [-0.4, -0.2) is 183 Å². The lowest BCUT2D eigenvalue weighted by Crippen LogP contribution is -2.61. The average Bonchev–Trinajstić information content (AvgIpc) is 1.63. The molecule has 30 nitrogen and oxygen atoms in total. The Morgan fingerprint density at radius 2 is 1.65 bits per heavy atom. The number of esters is 1. The number of rotatable bonds is 25. The smallest absolute Gasteiger partial charge is 0.407 e. The summed E-state index contributed by atoms with van der Waals surface area (Å²) in [6.45, 7) is 1.04. The van der Waals surface area contributed by atoms with Gasteiger partial charge >= 0.3 is 18.0 Å². The molecular weight excluding hydrogens is 1180 g/mol. The third kappa shape index (κ3) is 13.3. The van der Waals surface area contributed by atoms with Gasteiger partial charge in [-0.15, -0.1) is 0 Å². The predicted octanol–water partition coefficient (Wildman–Crippen LogP) is -2.26. The number of halogens is 1. The van der Waals surface area contributed by atoms with E-state index in [1.807, 2.05) is 0 Å². The van der Waals surface area contributed by atoms with E-state index in [-0.39, 0.29) is 104 Å². The predicted molar refractivity (Wildman–Crippen MR) is 301 cm³/mol. The molecule has 4 aromatic rings. The standard InChI is InChI=1S/C58H66FN9O21/c1-4-58(83)32-18-37-46-30(23-67(37)53(78)31(32)25-86-56(58)81)45-34(7-6-29-26(2)33(59)19-35(64-46)44(29)45)66-57(82)87-24-27-5-8-39(88-55-49(75)47(73)48(74)50(89-55)54(79)80)28(17-27)21-62-40(69)11-13-61-51(76)36(22-63-41(70)12-14-85-16-15-84-3)65-52(77)38(20-60)68-42(71)9-10-43(68)72/h5,8-10,17-19,34,36,38,47-50,55,73-75,83H,4,6-7,11-16,20-25,60H2,1-3H3,(H,61,76)(H,62,69)(H,63,70)(H,65,77)(H,66,82)(H,79,80). The van der Waals surface area contributed by atoms with Crippen molar-refractivity contribution in [2.75, 3.05) is 46.6 Å². The maximum atomic E-state index is 15.6. The van der Waals surface area contributed by atoms with Crippen LogP contribution in [0, 0.1) is 12.7 Å². The number of ether oxygens (including phenoxy) is 6. The van der Waals surface area contributed by atoms with Crippen molar-refractivity contribution in [3.05, 3.63) is 103 Å². The zero-order chi connectivity index (χ0) is 64.2. The van der Waals surface area contributed by atoms with E-state index in [1.165, 1.54) is 42.0 Å². The molecule has 1 fully saturated rings. The fourth-order valence-corrected chi connectivity index (χ4v) is 11.2. The van der Waals surface area contributed by atoms with E-state index in [4.69, 9.17) is 39.1 Å². The number of pyridine rings is 2. The first-order chi connectivity index (χ1) is 42.5. The summed E-state index contributed by atoms with van der Waals surface area (Å²) in [7, 11) is 1.47. The lowest BCUT2D eigenvalue weighted by atomic mass is 9.81. The molecule has 89 heavy (non-hydrogen) atoms. The molecule has 4 aliphatic heterocycles. The SMILES string of the molecule is CCC1(O)C(=O)OCc2c1cc1n(c2=O)Cc2c-1nc1cc(F)c(C)c3c1c2C(NC(=O)OCc1ccc(OC2OC(C(=O)O)C(O)C(O)C2O)c(CNC(=O)CCNC(=O)C(CNC(=O)CCOCCOC)NC(=O)C(CN)N2C(=O)C=CC2=O)c1)CC3. The highest BCUT2D eigenvalue weighted by Crippen LogP contribution is 2.46. The number of methoxy groups -OCH3 is 1. The van der Waals surface area contributed by atoms with Crippen molar-refractivity contribution in [3.8, 4) is 17.1 Å². The number of cyclic esters (lactones) is 1. The summed E-state index contributed by atoms with van der Waals surface area (Å²) in [4.78, 5) is 136. The van der Waals surface area contributed by atoms with Gasteiger partial charge in [0.05, 0.1) is 54.9 Å². The van der Waals surface area contributed by atoms with Gasteiger partial charge in [0, 0.05) is 86.4 Å². The topological polar surface area (TPSA) is 434 Å². The minimum atomic E-state index is -2.12. The van der Waals surface area contributed by atoms with Crippen LogP contribution in [0.15, 0.2) is 47.3 Å². The molecule has 6 heterocycles. The lowest BCUT2D eigenvalue weighted by molar-refractivity contribution is -0.271. The summed E-state index contributed by atoms with van der Waals surface area (Å²) in [6.07, 6.45) is -9.19. The highest BCUT2D eigenvalue weighted by molar-refractivity contribution is 6.15. The van der Waals surface area contributed by atoms with Gasteiger partial charge in [-0.25, -0.2) is 23.8 Å². The van der Waals surface area contributed by atoms with Gasteiger partial charge in [-0.3, -0.25) is 38.5 Å². The molecule has 0 bridgehead atoms. The molecule has 0 radical (unpaired) electrons. The van der Waals surface area contributed by atoms with E-state index in [9.17, 15) is 73.5 Å². The second-order valence-electron chi connectivity index (χ2n) is 21.6. The van der Waals surface area contributed by atoms with Crippen LogP contribution in [0.25, 0.3) is 22.3 Å². The van der Waals surface area contributed by atoms with E-state index in [2.05, 4.69) is 26.6 Å². The second kappa shape index (κ2) is 27.3. The number of nitrogens with one attached hydrogen (secondary N) is 5. The normalized spacial score (nSPS) is 22.1. The number of hydrogen-bond acceptors (Lipinski definition) is 22. The Labute approximate surface area is 504 Å². The van der Waals surface area contributed by atoms with Crippen molar-refractivity contribution in [3.63, 3.8) is 0 Å². The van der Waals surface area contributed by atoms with Gasteiger partial charge in [-0.1, -0.05) is 13.0 Å². The van der Waals surface area contributed by atoms with Gasteiger partial charge in [-0.2, -0.15) is 0 Å². The summed E-state index contributed by atoms with van der Waals surface area (Å²) in [6, 6.07) is 3.07. The third-order valence-electron chi connectivity index (χ3n) is 16.1. The van der Waals surface area contributed by atoms with Crippen molar-refractivity contribution < 1.29 is 101 Å². The first-order valence-electron chi connectivity index (χ1n) is 28.4. The average molecular weight is 1240 g/mol. The van der Waals surface area contributed by atoms with Gasteiger partial charge in [0.1, 0.15) is 55.2 Å². The van der Waals surface area contributed by atoms with Crippen molar-refractivity contribution in [2.24, 2.45) is 5.73 Å². The highest BCUT2D eigenvalue weighted by Gasteiger charge is 2.49. The fraction of sp³-hybridized carbons (Fsp3) is 0.466. The zero-order valence-electron chi connectivity index (χ0n) is 48.3. The van der Waals surface area contributed by atoms with Crippen LogP contribution in [0.4, 0.5) is 9.18 Å². The Morgan fingerprint density at radius 1 is 0.910 bits per heavy atom. The lowest BCUT2D eigenvalue weighted by Gasteiger charge is -2.38. The molecule has 1 aliphatic carbocycles.